The second-order valence-electron chi connectivity index (χ2n) is 8.97. The lowest BCUT2D eigenvalue weighted by atomic mass is 9.84. The van der Waals surface area contributed by atoms with Crippen molar-refractivity contribution in [2.75, 3.05) is 26.7 Å². The Balaban J connectivity index is 1.65. The molecule has 1 aromatic carbocycles. The SMILES string of the molecule is CC(C)C(=O)N(C)C1CNC(C(=O)N2CCC(c3ccccc3)CC2)C(C(=O)NO)C1. The fraction of sp³-hybridized carbons (Fsp3) is 0.609. The summed E-state index contributed by atoms with van der Waals surface area (Å²) >= 11 is 0. The Bertz CT molecular complexity index is 777. The van der Waals surface area contributed by atoms with E-state index in [4.69, 9.17) is 0 Å². The molecule has 3 unspecified atom stereocenters. The summed E-state index contributed by atoms with van der Waals surface area (Å²) in [4.78, 5) is 41.5. The number of hydroxylamine groups is 1. The molecule has 3 atom stereocenters. The first-order valence-electron chi connectivity index (χ1n) is 11.1. The maximum Gasteiger partial charge on any atom is 0.248 e. The van der Waals surface area contributed by atoms with Gasteiger partial charge in [-0.05, 0) is 30.7 Å². The van der Waals surface area contributed by atoms with Gasteiger partial charge in [-0.15, -0.1) is 0 Å². The van der Waals surface area contributed by atoms with E-state index < -0.39 is 17.9 Å². The third-order valence-corrected chi connectivity index (χ3v) is 6.68. The van der Waals surface area contributed by atoms with Gasteiger partial charge in [0.1, 0.15) is 0 Å². The first-order chi connectivity index (χ1) is 14.8. The molecule has 0 bridgehead atoms. The maximum atomic E-state index is 13.3. The van der Waals surface area contributed by atoms with Crippen LogP contribution < -0.4 is 10.8 Å². The molecule has 2 aliphatic heterocycles. The van der Waals surface area contributed by atoms with Crippen LogP contribution in [0.4, 0.5) is 0 Å². The zero-order valence-corrected chi connectivity index (χ0v) is 18.6. The molecule has 3 N–H and O–H groups in total. The first kappa shape index (κ1) is 23.2. The number of nitrogens with zero attached hydrogens (tertiary/aromatic N) is 2. The summed E-state index contributed by atoms with van der Waals surface area (Å²) in [6, 6.07) is 9.40. The standard InChI is InChI=1S/C23H34N4O4/c1-15(2)22(29)26(3)18-13-19(21(28)25-31)20(24-14-18)23(30)27-11-9-17(10-12-27)16-7-5-4-6-8-16/h4-8,15,17-20,24,31H,9-14H2,1-3H3,(H,25,28). The second-order valence-corrected chi connectivity index (χ2v) is 8.97. The highest BCUT2D eigenvalue weighted by Gasteiger charge is 2.43. The highest BCUT2D eigenvalue weighted by atomic mass is 16.5. The van der Waals surface area contributed by atoms with Crippen molar-refractivity contribution < 1.29 is 19.6 Å². The number of carbonyl (C=O) groups excluding carboxylic acids is 3. The summed E-state index contributed by atoms with van der Waals surface area (Å²) < 4.78 is 0. The van der Waals surface area contributed by atoms with Crippen LogP contribution in [0.5, 0.6) is 0 Å². The van der Waals surface area contributed by atoms with Crippen molar-refractivity contribution in [1.29, 1.82) is 0 Å². The van der Waals surface area contributed by atoms with E-state index in [-0.39, 0.29) is 23.8 Å². The molecule has 1 aromatic rings. The Morgan fingerprint density at radius 2 is 1.81 bits per heavy atom. The molecule has 31 heavy (non-hydrogen) atoms. The monoisotopic (exact) mass is 430 g/mol. The number of likely N-dealkylation sites (tertiary alicyclic amines) is 1. The predicted molar refractivity (Wildman–Crippen MR) is 116 cm³/mol. The van der Waals surface area contributed by atoms with Crippen LogP contribution in [-0.4, -0.2) is 71.5 Å². The van der Waals surface area contributed by atoms with Crippen LogP contribution in [0, 0.1) is 11.8 Å². The van der Waals surface area contributed by atoms with Gasteiger partial charge < -0.3 is 15.1 Å². The smallest absolute Gasteiger partial charge is 0.248 e. The lowest BCUT2D eigenvalue weighted by molar-refractivity contribution is -0.147. The van der Waals surface area contributed by atoms with E-state index in [1.165, 1.54) is 5.56 Å². The number of amides is 3. The lowest BCUT2D eigenvalue weighted by Crippen LogP contribution is -2.62. The van der Waals surface area contributed by atoms with Crippen LogP contribution in [0.25, 0.3) is 0 Å². The number of carbonyl (C=O) groups is 3. The minimum absolute atomic E-state index is 0.0114. The van der Waals surface area contributed by atoms with Crippen molar-refractivity contribution in [2.24, 2.45) is 11.8 Å². The van der Waals surface area contributed by atoms with Gasteiger partial charge in [0.05, 0.1) is 12.0 Å². The zero-order valence-electron chi connectivity index (χ0n) is 18.6. The number of nitrogens with one attached hydrogen (secondary N) is 2. The van der Waals surface area contributed by atoms with Gasteiger partial charge >= 0.3 is 0 Å². The highest BCUT2D eigenvalue weighted by molar-refractivity contribution is 5.90. The largest absolute Gasteiger partial charge is 0.341 e. The molecule has 0 aliphatic carbocycles. The predicted octanol–water partition coefficient (Wildman–Crippen LogP) is 1.36. The van der Waals surface area contributed by atoms with Crippen LogP contribution in [0.2, 0.25) is 0 Å². The van der Waals surface area contributed by atoms with Crippen molar-refractivity contribution in [2.45, 2.75) is 51.1 Å². The van der Waals surface area contributed by atoms with E-state index in [1.807, 2.05) is 36.9 Å². The average molecular weight is 431 g/mol. The summed E-state index contributed by atoms with van der Waals surface area (Å²) in [5.74, 6) is -1.19. The second kappa shape index (κ2) is 10.2. The Hall–Kier alpha value is -2.45. The number of rotatable bonds is 5. The third-order valence-electron chi connectivity index (χ3n) is 6.68. The molecule has 0 radical (unpaired) electrons. The molecule has 8 heteroatoms. The Morgan fingerprint density at radius 3 is 2.39 bits per heavy atom. The van der Waals surface area contributed by atoms with E-state index >= 15 is 0 Å². The van der Waals surface area contributed by atoms with Crippen molar-refractivity contribution in [3.8, 4) is 0 Å². The van der Waals surface area contributed by atoms with Crippen molar-refractivity contribution in [3.05, 3.63) is 35.9 Å². The summed E-state index contributed by atoms with van der Waals surface area (Å²) in [5, 5.41) is 12.4. The normalized spacial score (nSPS) is 24.7. The Morgan fingerprint density at radius 1 is 1.16 bits per heavy atom. The number of hydrogen-bond acceptors (Lipinski definition) is 5. The van der Waals surface area contributed by atoms with Crippen LogP contribution in [0.3, 0.4) is 0 Å². The van der Waals surface area contributed by atoms with Crippen LogP contribution in [0.1, 0.15) is 44.6 Å². The van der Waals surface area contributed by atoms with Crippen LogP contribution >= 0.6 is 0 Å². The van der Waals surface area contributed by atoms with Crippen LogP contribution in [-0.2, 0) is 14.4 Å². The summed E-state index contributed by atoms with van der Waals surface area (Å²) in [7, 11) is 1.72. The summed E-state index contributed by atoms with van der Waals surface area (Å²) in [5.41, 5.74) is 3.00. The molecule has 2 saturated heterocycles. The maximum absolute atomic E-state index is 13.3. The average Bonchev–Trinajstić information content (AvgIpc) is 2.82. The van der Waals surface area contributed by atoms with Gasteiger partial charge in [0, 0.05) is 38.6 Å². The van der Waals surface area contributed by atoms with E-state index in [2.05, 4.69) is 17.4 Å². The molecule has 0 aromatic heterocycles. The molecular formula is C23H34N4O4. The van der Waals surface area contributed by atoms with Crippen molar-refractivity contribution in [3.63, 3.8) is 0 Å². The van der Waals surface area contributed by atoms with Gasteiger partial charge in [0.2, 0.25) is 17.7 Å². The minimum atomic E-state index is -0.745. The van der Waals surface area contributed by atoms with Gasteiger partial charge in [0.15, 0.2) is 0 Å². The zero-order chi connectivity index (χ0) is 22.5. The molecule has 8 nitrogen and oxygen atoms in total. The number of hydrogen-bond donors (Lipinski definition) is 3. The third kappa shape index (κ3) is 5.25. The summed E-state index contributed by atoms with van der Waals surface area (Å²) in [6.45, 7) is 5.37. The Labute approximate surface area is 183 Å². The quantitative estimate of drug-likeness (QED) is 0.484. The van der Waals surface area contributed by atoms with Gasteiger partial charge in [-0.1, -0.05) is 44.2 Å². The van der Waals surface area contributed by atoms with Gasteiger partial charge in [-0.2, -0.15) is 0 Å². The number of likely N-dealkylation sites (N-methyl/N-ethyl adjacent to an activating group) is 1. The molecule has 3 amide bonds. The highest BCUT2D eigenvalue weighted by Crippen LogP contribution is 2.29. The molecule has 170 valence electrons. The first-order valence-corrected chi connectivity index (χ1v) is 11.1. The van der Waals surface area contributed by atoms with E-state index in [0.29, 0.717) is 32.0 Å². The molecule has 0 saturated carbocycles. The Kier molecular flexibility index (Phi) is 7.67. The van der Waals surface area contributed by atoms with E-state index in [0.717, 1.165) is 12.8 Å². The molecule has 2 aliphatic rings. The summed E-state index contributed by atoms with van der Waals surface area (Å²) in [6.07, 6.45) is 2.09. The minimum Gasteiger partial charge on any atom is -0.341 e. The van der Waals surface area contributed by atoms with Crippen molar-refractivity contribution >= 4 is 17.7 Å². The van der Waals surface area contributed by atoms with Crippen LogP contribution in [0.15, 0.2) is 30.3 Å². The fourth-order valence-electron chi connectivity index (χ4n) is 4.76. The molecular weight excluding hydrogens is 396 g/mol. The van der Waals surface area contributed by atoms with E-state index in [9.17, 15) is 19.6 Å². The fourth-order valence-corrected chi connectivity index (χ4v) is 4.76. The van der Waals surface area contributed by atoms with E-state index in [1.54, 1.807) is 17.4 Å². The molecule has 2 fully saturated rings. The van der Waals surface area contributed by atoms with Gasteiger partial charge in [-0.3, -0.25) is 19.6 Å². The topological polar surface area (TPSA) is 102 Å². The molecule has 3 rings (SSSR count). The number of piperidine rings is 2. The lowest BCUT2D eigenvalue weighted by Gasteiger charge is -2.42. The van der Waals surface area contributed by atoms with Crippen molar-refractivity contribution in [1.82, 2.24) is 20.6 Å². The van der Waals surface area contributed by atoms with Gasteiger partial charge in [0.25, 0.3) is 0 Å². The molecule has 2 heterocycles. The number of benzene rings is 1. The molecule has 0 spiro atoms. The van der Waals surface area contributed by atoms with Gasteiger partial charge in [-0.25, -0.2) is 5.48 Å².